The summed E-state index contributed by atoms with van der Waals surface area (Å²) in [6, 6.07) is 0. The minimum Gasteiger partial charge on any atom is -0.384 e. The van der Waals surface area contributed by atoms with Crippen molar-refractivity contribution in [1.82, 2.24) is 31.0 Å². The van der Waals surface area contributed by atoms with Crippen LogP contribution in [0.4, 0.5) is 8.78 Å². The number of hydrogen-bond donors (Lipinski definition) is 5. The summed E-state index contributed by atoms with van der Waals surface area (Å²) in [5, 5.41) is 16.2. The summed E-state index contributed by atoms with van der Waals surface area (Å²) in [6.07, 6.45) is 8.65. The molecule has 0 amide bonds. The predicted molar refractivity (Wildman–Crippen MR) is 101 cm³/mol. The number of nitrogens with one attached hydrogen (secondary N) is 4. The van der Waals surface area contributed by atoms with E-state index in [-0.39, 0.29) is 19.5 Å². The molecule has 1 atom stereocenters. The molecule has 9 heteroatoms. The molecule has 1 aromatic heterocycles. The fraction of sp³-hybridized carbons (Fsp3) is 0.389. The average Bonchev–Trinajstić information content (AvgIpc) is 3.07. The molecule has 1 aromatic rings. The van der Waals surface area contributed by atoms with Crippen LogP contribution < -0.4 is 27.0 Å². The summed E-state index contributed by atoms with van der Waals surface area (Å²) < 4.78 is 29.7. The quantitative estimate of drug-likeness (QED) is 0.525. The molecule has 1 saturated heterocycles. The van der Waals surface area contributed by atoms with Crippen LogP contribution in [-0.4, -0.2) is 35.3 Å². The van der Waals surface area contributed by atoms with E-state index in [0.717, 1.165) is 11.1 Å². The molecule has 0 aromatic carbocycles. The second-order valence-electron chi connectivity index (χ2n) is 6.69. The van der Waals surface area contributed by atoms with Gasteiger partial charge in [-0.1, -0.05) is 6.58 Å². The number of allylic oxidation sites excluding steroid dienone is 2. The molecule has 6 N–H and O–H groups in total. The molecule has 0 bridgehead atoms. The molecule has 1 fully saturated rings. The van der Waals surface area contributed by atoms with Crippen molar-refractivity contribution in [1.29, 1.82) is 0 Å². The molecule has 146 valence electrons. The number of hydrogen-bond acceptors (Lipinski definition) is 6. The Bertz CT molecular complexity index is 791. The second-order valence-corrected chi connectivity index (χ2v) is 6.69. The molecular formula is C18H25F2N7. The monoisotopic (exact) mass is 377 g/mol. The van der Waals surface area contributed by atoms with Crippen LogP contribution in [0, 0.1) is 5.92 Å². The van der Waals surface area contributed by atoms with Gasteiger partial charge in [-0.2, -0.15) is 5.10 Å². The number of nitrogens with zero attached hydrogens (tertiary/aromatic N) is 2. The minimum atomic E-state index is -2.70. The highest BCUT2D eigenvalue weighted by atomic mass is 19.3. The summed E-state index contributed by atoms with van der Waals surface area (Å²) in [7, 11) is 1.83. The molecule has 2 aliphatic rings. The summed E-state index contributed by atoms with van der Waals surface area (Å²) in [6.45, 7) is 4.72. The van der Waals surface area contributed by atoms with Crippen molar-refractivity contribution in [3.63, 3.8) is 0 Å². The number of aryl methyl sites for hydroxylation is 1. The van der Waals surface area contributed by atoms with Gasteiger partial charge in [0.1, 0.15) is 11.5 Å². The van der Waals surface area contributed by atoms with Gasteiger partial charge < -0.3 is 27.0 Å². The summed E-state index contributed by atoms with van der Waals surface area (Å²) in [4.78, 5) is 0. The van der Waals surface area contributed by atoms with Crippen molar-refractivity contribution in [2.24, 2.45) is 18.7 Å². The number of aromatic nitrogens is 2. The number of halogens is 2. The van der Waals surface area contributed by atoms with Gasteiger partial charge in [-0.25, -0.2) is 8.78 Å². The van der Waals surface area contributed by atoms with Crippen LogP contribution in [0.15, 0.2) is 54.7 Å². The van der Waals surface area contributed by atoms with E-state index >= 15 is 0 Å². The first kappa shape index (κ1) is 19.0. The highest BCUT2D eigenvalue weighted by Crippen LogP contribution is 2.30. The molecule has 27 heavy (non-hydrogen) atoms. The van der Waals surface area contributed by atoms with E-state index in [1.165, 1.54) is 0 Å². The Balaban J connectivity index is 1.74. The smallest absolute Gasteiger partial charge is 0.255 e. The molecule has 7 nitrogen and oxygen atoms in total. The van der Waals surface area contributed by atoms with Crippen molar-refractivity contribution in [2.45, 2.75) is 12.3 Å². The highest BCUT2D eigenvalue weighted by Gasteiger charge is 2.41. The Kier molecular flexibility index (Phi) is 5.50. The highest BCUT2D eigenvalue weighted by molar-refractivity contribution is 5.73. The van der Waals surface area contributed by atoms with E-state index in [9.17, 15) is 8.78 Å². The van der Waals surface area contributed by atoms with E-state index in [0.29, 0.717) is 23.8 Å². The zero-order chi connectivity index (χ0) is 19.4. The third-order valence-electron chi connectivity index (χ3n) is 4.64. The fourth-order valence-electron chi connectivity index (χ4n) is 3.02. The largest absolute Gasteiger partial charge is 0.384 e. The van der Waals surface area contributed by atoms with Gasteiger partial charge in [0.25, 0.3) is 5.92 Å². The maximum Gasteiger partial charge on any atom is 0.255 e. The summed E-state index contributed by atoms with van der Waals surface area (Å²) >= 11 is 0. The third kappa shape index (κ3) is 4.48. The van der Waals surface area contributed by atoms with E-state index in [1.54, 1.807) is 23.3 Å². The third-order valence-corrected chi connectivity index (χ3v) is 4.64. The van der Waals surface area contributed by atoms with Crippen LogP contribution in [0.1, 0.15) is 12.0 Å². The summed E-state index contributed by atoms with van der Waals surface area (Å²) in [5.74, 6) is -3.22. The Morgan fingerprint density at radius 1 is 1.48 bits per heavy atom. The molecule has 0 aliphatic carbocycles. The zero-order valence-corrected chi connectivity index (χ0v) is 15.2. The first-order valence-electron chi connectivity index (χ1n) is 8.77. The molecule has 3 rings (SSSR count). The van der Waals surface area contributed by atoms with Gasteiger partial charge in [0.2, 0.25) is 0 Å². The van der Waals surface area contributed by atoms with Crippen molar-refractivity contribution >= 4 is 5.57 Å². The lowest BCUT2D eigenvalue weighted by Gasteiger charge is -2.32. The Hall–Kier alpha value is -2.81. The van der Waals surface area contributed by atoms with Gasteiger partial charge in [0.05, 0.1) is 17.8 Å². The number of alkyl halides is 2. The molecule has 0 radical (unpaired) electrons. The molecular weight excluding hydrogens is 352 g/mol. The minimum absolute atomic E-state index is 0.0809. The topological polar surface area (TPSA) is 92.0 Å². The van der Waals surface area contributed by atoms with E-state index in [4.69, 9.17) is 5.73 Å². The number of piperidine rings is 1. The van der Waals surface area contributed by atoms with Crippen LogP contribution in [0.3, 0.4) is 0 Å². The molecule has 0 saturated carbocycles. The Morgan fingerprint density at radius 3 is 2.96 bits per heavy atom. The van der Waals surface area contributed by atoms with Crippen LogP contribution in [0.25, 0.3) is 5.57 Å². The van der Waals surface area contributed by atoms with Crippen LogP contribution in [-0.2, 0) is 7.05 Å². The number of nitrogens with two attached hydrogens (primary N) is 1. The van der Waals surface area contributed by atoms with Gasteiger partial charge in [0.15, 0.2) is 0 Å². The van der Waals surface area contributed by atoms with Crippen molar-refractivity contribution in [2.75, 3.05) is 19.6 Å². The predicted octanol–water partition coefficient (Wildman–Crippen LogP) is 0.943. The SMILES string of the molecule is C=C(/C=C1/NC=CN/C1=C(/N)NCC1CNCCC1(F)F)c1cnn(C)c1. The Morgan fingerprint density at radius 2 is 2.26 bits per heavy atom. The van der Waals surface area contributed by atoms with Gasteiger partial charge in [-0.05, 0) is 11.6 Å². The van der Waals surface area contributed by atoms with Gasteiger partial charge in [-0.3, -0.25) is 4.68 Å². The molecule has 3 heterocycles. The first-order chi connectivity index (χ1) is 12.9. The second kappa shape index (κ2) is 7.83. The zero-order valence-electron chi connectivity index (χ0n) is 15.2. The van der Waals surface area contributed by atoms with Crippen molar-refractivity contribution in [3.05, 3.63) is 60.2 Å². The van der Waals surface area contributed by atoms with Crippen molar-refractivity contribution < 1.29 is 8.78 Å². The van der Waals surface area contributed by atoms with E-state index in [2.05, 4.69) is 32.9 Å². The lowest BCUT2D eigenvalue weighted by atomic mass is 9.95. The standard InChI is InChI=1S/C18H25F2N7/c1-12(13-8-26-27(2)11-13)7-15-16(24-6-5-23-15)17(21)25-10-14-9-22-4-3-18(14,19)20/h5-8,11,14,22-25H,1,3-4,9-10,21H2,2H3/b15-7+,17-16-. The maximum absolute atomic E-state index is 14.0. The molecule has 0 spiro atoms. The van der Waals surface area contributed by atoms with Crippen LogP contribution in [0.2, 0.25) is 0 Å². The summed E-state index contributed by atoms with van der Waals surface area (Å²) in [5.41, 5.74) is 9.03. The van der Waals surface area contributed by atoms with E-state index < -0.39 is 11.8 Å². The maximum atomic E-state index is 14.0. The number of rotatable bonds is 5. The Labute approximate surface area is 157 Å². The lowest BCUT2D eigenvalue weighted by Crippen LogP contribution is -2.49. The lowest BCUT2D eigenvalue weighted by molar-refractivity contribution is -0.0762. The van der Waals surface area contributed by atoms with Crippen molar-refractivity contribution in [3.8, 4) is 0 Å². The first-order valence-corrected chi connectivity index (χ1v) is 8.77. The van der Waals surface area contributed by atoms with Gasteiger partial charge >= 0.3 is 0 Å². The van der Waals surface area contributed by atoms with Gasteiger partial charge in [-0.15, -0.1) is 0 Å². The fourth-order valence-corrected chi connectivity index (χ4v) is 3.02. The van der Waals surface area contributed by atoms with E-state index in [1.807, 2.05) is 19.3 Å². The van der Waals surface area contributed by atoms with Gasteiger partial charge in [0, 0.05) is 57.3 Å². The van der Waals surface area contributed by atoms with Crippen LogP contribution in [0.5, 0.6) is 0 Å². The average molecular weight is 377 g/mol. The molecule has 2 aliphatic heterocycles. The van der Waals surface area contributed by atoms with Crippen LogP contribution >= 0.6 is 0 Å². The molecule has 1 unspecified atom stereocenters. The normalized spacial score (nSPS) is 24.9.